The number of thioether (sulfide) groups is 1. The molecule has 0 unspecified atom stereocenters. The van der Waals surface area contributed by atoms with Crippen LogP contribution < -0.4 is 9.47 Å². The lowest BCUT2D eigenvalue weighted by Gasteiger charge is -2.13. The molecule has 1 aromatic rings. The number of nitrogens with zero attached hydrogens (tertiary/aromatic N) is 1. The molecule has 27 heavy (non-hydrogen) atoms. The molecule has 1 heterocycles. The number of rotatable bonds is 10. The van der Waals surface area contributed by atoms with Gasteiger partial charge in [0.05, 0.1) is 11.5 Å². The zero-order chi connectivity index (χ0) is 19.8. The van der Waals surface area contributed by atoms with Crippen LogP contribution >= 0.6 is 27.7 Å². The fraction of sp³-hybridized carbons (Fsp3) is 0.368. The van der Waals surface area contributed by atoms with Crippen molar-refractivity contribution >= 4 is 44.9 Å². The van der Waals surface area contributed by atoms with Crippen LogP contribution in [0.5, 0.6) is 11.5 Å². The number of hydrogen-bond donors (Lipinski definition) is 0. The smallest absolute Gasteiger partial charge is 0.293 e. The van der Waals surface area contributed by atoms with Gasteiger partial charge in [-0.15, -0.1) is 0 Å². The van der Waals surface area contributed by atoms with E-state index in [0.717, 1.165) is 21.8 Å². The highest BCUT2D eigenvalue weighted by Crippen LogP contribution is 2.38. The van der Waals surface area contributed by atoms with Crippen LogP contribution in [-0.4, -0.2) is 49.5 Å². The molecule has 1 fully saturated rings. The summed E-state index contributed by atoms with van der Waals surface area (Å²) in [6, 6.07) is 3.56. The summed E-state index contributed by atoms with van der Waals surface area (Å²) in [7, 11) is 1.59. The van der Waals surface area contributed by atoms with E-state index >= 15 is 0 Å². The van der Waals surface area contributed by atoms with E-state index in [1.54, 1.807) is 31.4 Å². The highest BCUT2D eigenvalue weighted by molar-refractivity contribution is 9.10. The third-order valence-corrected chi connectivity index (χ3v) is 5.20. The number of imide groups is 1. The lowest BCUT2D eigenvalue weighted by molar-refractivity contribution is -0.122. The minimum Gasteiger partial charge on any atom is -0.490 e. The first kappa shape index (κ1) is 21.5. The Morgan fingerprint density at radius 3 is 2.67 bits per heavy atom. The van der Waals surface area contributed by atoms with Crippen LogP contribution in [0.3, 0.4) is 0 Å². The van der Waals surface area contributed by atoms with Crippen molar-refractivity contribution < 1.29 is 23.8 Å². The first-order chi connectivity index (χ1) is 13.0. The Bertz CT molecular complexity index is 750. The van der Waals surface area contributed by atoms with E-state index in [1.165, 1.54) is 4.90 Å². The lowest BCUT2D eigenvalue weighted by atomic mass is 10.1. The lowest BCUT2D eigenvalue weighted by Crippen LogP contribution is -2.29. The van der Waals surface area contributed by atoms with E-state index in [0.29, 0.717) is 49.2 Å². The number of amides is 2. The van der Waals surface area contributed by atoms with E-state index < -0.39 is 0 Å². The molecule has 2 amide bonds. The van der Waals surface area contributed by atoms with Crippen LogP contribution in [0.2, 0.25) is 0 Å². The Morgan fingerprint density at radius 1 is 1.26 bits per heavy atom. The second kappa shape index (κ2) is 10.5. The molecule has 0 bridgehead atoms. The second-order valence-electron chi connectivity index (χ2n) is 5.53. The third kappa shape index (κ3) is 5.60. The van der Waals surface area contributed by atoms with Gasteiger partial charge in [0.15, 0.2) is 11.5 Å². The van der Waals surface area contributed by atoms with E-state index in [9.17, 15) is 9.59 Å². The SMILES string of the molecule is C=CCOc1cc(Br)c(/C=C2/SC(=O)N(CCCOC)C2=O)cc1OCC. The summed E-state index contributed by atoms with van der Waals surface area (Å²) in [6.07, 6.45) is 3.94. The maximum Gasteiger partial charge on any atom is 0.293 e. The number of halogens is 1. The van der Waals surface area contributed by atoms with Crippen molar-refractivity contribution in [3.8, 4) is 11.5 Å². The van der Waals surface area contributed by atoms with Crippen molar-refractivity contribution in [3.05, 3.63) is 39.7 Å². The Balaban J connectivity index is 2.26. The molecule has 0 radical (unpaired) electrons. The molecule has 1 aromatic carbocycles. The van der Waals surface area contributed by atoms with Crippen molar-refractivity contribution in [3.63, 3.8) is 0 Å². The molecule has 1 aliphatic heterocycles. The van der Waals surface area contributed by atoms with Gasteiger partial charge in [0, 0.05) is 24.7 Å². The fourth-order valence-electron chi connectivity index (χ4n) is 2.39. The van der Waals surface area contributed by atoms with Crippen molar-refractivity contribution in [2.45, 2.75) is 13.3 Å². The number of carbonyl (C=O) groups is 2. The van der Waals surface area contributed by atoms with Gasteiger partial charge >= 0.3 is 0 Å². The van der Waals surface area contributed by atoms with E-state index in [-0.39, 0.29) is 11.1 Å². The van der Waals surface area contributed by atoms with Gasteiger partial charge in [0.1, 0.15) is 6.61 Å². The highest BCUT2D eigenvalue weighted by Gasteiger charge is 2.34. The molecule has 2 rings (SSSR count). The topological polar surface area (TPSA) is 65.1 Å². The van der Waals surface area contributed by atoms with Gasteiger partial charge in [0.25, 0.3) is 11.1 Å². The van der Waals surface area contributed by atoms with Crippen molar-refractivity contribution in [1.82, 2.24) is 4.90 Å². The van der Waals surface area contributed by atoms with E-state index in [2.05, 4.69) is 22.5 Å². The molecule has 146 valence electrons. The van der Waals surface area contributed by atoms with Crippen LogP contribution in [0.4, 0.5) is 4.79 Å². The molecule has 0 aromatic heterocycles. The molecule has 0 spiro atoms. The standard InChI is InChI=1S/C19H22BrNO5S/c1-4-8-26-16-12-14(20)13(10-15(16)25-5-2)11-17-18(22)21(19(23)27-17)7-6-9-24-3/h4,10-12H,1,5-9H2,2-3H3/b17-11+. The Kier molecular flexibility index (Phi) is 8.40. The molecule has 6 nitrogen and oxygen atoms in total. The van der Waals surface area contributed by atoms with Gasteiger partial charge < -0.3 is 14.2 Å². The molecule has 8 heteroatoms. The van der Waals surface area contributed by atoms with E-state index in [4.69, 9.17) is 14.2 Å². The summed E-state index contributed by atoms with van der Waals surface area (Å²) < 4.78 is 17.0. The normalized spacial score (nSPS) is 15.5. The minimum absolute atomic E-state index is 0.269. The van der Waals surface area contributed by atoms with Crippen LogP contribution in [0.25, 0.3) is 6.08 Å². The predicted octanol–water partition coefficient (Wildman–Crippen LogP) is 4.49. The zero-order valence-corrected chi connectivity index (χ0v) is 17.7. The largest absolute Gasteiger partial charge is 0.490 e. The molecule has 0 N–H and O–H groups in total. The summed E-state index contributed by atoms with van der Waals surface area (Å²) in [5, 5.41) is -0.269. The van der Waals surface area contributed by atoms with Gasteiger partial charge in [-0.25, -0.2) is 0 Å². The Morgan fingerprint density at radius 2 is 2.00 bits per heavy atom. The van der Waals surface area contributed by atoms with Crippen LogP contribution in [0, 0.1) is 0 Å². The van der Waals surface area contributed by atoms with Crippen molar-refractivity contribution in [2.75, 3.05) is 33.5 Å². The fourth-order valence-corrected chi connectivity index (χ4v) is 3.69. The molecule has 0 aliphatic carbocycles. The van der Waals surface area contributed by atoms with Gasteiger partial charge in [-0.2, -0.15) is 0 Å². The van der Waals surface area contributed by atoms with Crippen LogP contribution in [0.1, 0.15) is 18.9 Å². The number of carbonyl (C=O) groups excluding carboxylic acids is 2. The molecule has 1 saturated heterocycles. The van der Waals surface area contributed by atoms with Crippen molar-refractivity contribution in [2.24, 2.45) is 0 Å². The predicted molar refractivity (Wildman–Crippen MR) is 110 cm³/mol. The van der Waals surface area contributed by atoms with Gasteiger partial charge in [-0.05, 0) is 48.9 Å². The Labute approximate surface area is 171 Å². The third-order valence-electron chi connectivity index (χ3n) is 3.61. The van der Waals surface area contributed by atoms with Crippen LogP contribution in [0.15, 0.2) is 34.2 Å². The monoisotopic (exact) mass is 455 g/mol. The minimum atomic E-state index is -0.294. The first-order valence-electron chi connectivity index (χ1n) is 8.46. The number of methoxy groups -OCH3 is 1. The summed E-state index contributed by atoms with van der Waals surface area (Å²) in [6.45, 7) is 7.18. The van der Waals surface area contributed by atoms with Crippen LogP contribution in [-0.2, 0) is 9.53 Å². The quantitative estimate of drug-likeness (QED) is 0.294. The van der Waals surface area contributed by atoms with Gasteiger partial charge in [-0.1, -0.05) is 28.6 Å². The maximum atomic E-state index is 12.5. The number of hydrogen-bond acceptors (Lipinski definition) is 6. The summed E-state index contributed by atoms with van der Waals surface area (Å²) >= 11 is 4.42. The van der Waals surface area contributed by atoms with E-state index in [1.807, 2.05) is 6.92 Å². The average Bonchev–Trinajstić information content (AvgIpc) is 2.90. The number of benzene rings is 1. The molecule has 0 atom stereocenters. The van der Waals surface area contributed by atoms with Gasteiger partial charge in [-0.3, -0.25) is 14.5 Å². The molecule has 0 saturated carbocycles. The maximum absolute atomic E-state index is 12.5. The molecule has 1 aliphatic rings. The first-order valence-corrected chi connectivity index (χ1v) is 10.1. The molecular formula is C19H22BrNO5S. The summed E-state index contributed by atoms with van der Waals surface area (Å²) in [5.41, 5.74) is 0.729. The second-order valence-corrected chi connectivity index (χ2v) is 7.38. The van der Waals surface area contributed by atoms with Gasteiger partial charge in [0.2, 0.25) is 0 Å². The number of ether oxygens (including phenoxy) is 3. The molecular weight excluding hydrogens is 434 g/mol. The Hall–Kier alpha value is -1.77. The van der Waals surface area contributed by atoms with Crippen molar-refractivity contribution in [1.29, 1.82) is 0 Å². The average molecular weight is 456 g/mol. The summed E-state index contributed by atoms with van der Waals surface area (Å²) in [4.78, 5) is 26.3. The highest BCUT2D eigenvalue weighted by atomic mass is 79.9. The summed E-state index contributed by atoms with van der Waals surface area (Å²) in [5.74, 6) is 0.847. The zero-order valence-electron chi connectivity index (χ0n) is 15.3.